The topological polar surface area (TPSA) is 60.5 Å². The molecule has 5 nitrogen and oxygen atoms in total. The van der Waals surface area contributed by atoms with Gasteiger partial charge in [-0.1, -0.05) is 6.92 Å². The summed E-state index contributed by atoms with van der Waals surface area (Å²) < 4.78 is 43.2. The number of hydrogen-bond donors (Lipinski definition) is 1. The summed E-state index contributed by atoms with van der Waals surface area (Å²) in [6.45, 7) is 9.39. The van der Waals surface area contributed by atoms with E-state index in [-0.39, 0.29) is 11.7 Å². The molecule has 1 N–H and O–H groups in total. The highest BCUT2D eigenvalue weighted by Crippen LogP contribution is 2.35. The Balaban J connectivity index is 2.00. The molecule has 0 amide bonds. The number of halogens is 3. The Morgan fingerprint density at radius 1 is 1.14 bits per heavy atom. The van der Waals surface area contributed by atoms with Gasteiger partial charge < -0.3 is 9.57 Å². The predicted octanol–water partition coefficient (Wildman–Crippen LogP) is 5.03. The molecule has 1 atom stereocenters. The van der Waals surface area contributed by atoms with E-state index in [0.29, 0.717) is 18.7 Å². The van der Waals surface area contributed by atoms with Crippen molar-refractivity contribution in [2.75, 3.05) is 6.54 Å². The predicted molar refractivity (Wildman–Crippen MR) is 103 cm³/mol. The molecule has 29 heavy (non-hydrogen) atoms. The Labute approximate surface area is 168 Å². The van der Waals surface area contributed by atoms with Gasteiger partial charge >= 0.3 is 12.1 Å². The molecular weight excluding hydrogens is 385 g/mol. The molecule has 0 spiro atoms. The van der Waals surface area contributed by atoms with Crippen molar-refractivity contribution in [3.63, 3.8) is 0 Å². The largest absolute Gasteiger partial charge is 0.426 e. The fourth-order valence-electron chi connectivity index (χ4n) is 3.05. The Kier molecular flexibility index (Phi) is 7.24. The summed E-state index contributed by atoms with van der Waals surface area (Å²) in [5, 5.41) is 0. The first-order valence-electron chi connectivity index (χ1n) is 9.23. The van der Waals surface area contributed by atoms with Crippen LogP contribution in [0.5, 0.6) is 11.5 Å². The number of nitrogens with one attached hydrogen (secondary N) is 1. The molecule has 1 aromatic heterocycles. The molecule has 158 valence electrons. The molecule has 0 bridgehead atoms. The molecule has 1 aromatic carbocycles. The molecule has 2 aromatic rings. The lowest BCUT2D eigenvalue weighted by Gasteiger charge is -2.21. The van der Waals surface area contributed by atoms with Gasteiger partial charge in [-0.2, -0.15) is 18.7 Å². The molecule has 0 aliphatic carbocycles. The lowest BCUT2D eigenvalue weighted by molar-refractivity contribution is -0.137. The smallest absolute Gasteiger partial charge is 0.416 e. The highest BCUT2D eigenvalue weighted by molar-refractivity contribution is 5.71. The van der Waals surface area contributed by atoms with Gasteiger partial charge in [-0.3, -0.25) is 9.78 Å². The standard InChI is InChI=1S/C21H25F3N2O3/c1-12(19-15(4)26-14(3)13(2)20(19)28-16(5)27)10-11-25-29-18-8-6-17(7-9-18)21(22,23)24/h6-9,12,25H,10-11H2,1-5H3. The number of hydroxylamine groups is 1. The fourth-order valence-corrected chi connectivity index (χ4v) is 3.05. The van der Waals surface area contributed by atoms with Crippen molar-refractivity contribution in [2.45, 2.75) is 53.1 Å². The zero-order valence-electron chi connectivity index (χ0n) is 17.1. The fraction of sp³-hybridized carbons (Fsp3) is 0.429. The summed E-state index contributed by atoms with van der Waals surface area (Å²) in [7, 11) is 0. The van der Waals surface area contributed by atoms with Crippen LogP contribution in [0.1, 0.15) is 54.3 Å². The van der Waals surface area contributed by atoms with Crippen LogP contribution in [0, 0.1) is 20.8 Å². The van der Waals surface area contributed by atoms with Crippen molar-refractivity contribution < 1.29 is 27.5 Å². The normalized spacial score (nSPS) is 12.6. The summed E-state index contributed by atoms with van der Waals surface area (Å²) in [4.78, 5) is 21.4. The van der Waals surface area contributed by atoms with E-state index in [9.17, 15) is 18.0 Å². The van der Waals surface area contributed by atoms with Crippen molar-refractivity contribution in [3.8, 4) is 11.5 Å². The first-order chi connectivity index (χ1) is 13.5. The number of nitrogens with zero attached hydrogens (tertiary/aromatic N) is 1. The first-order valence-corrected chi connectivity index (χ1v) is 9.23. The molecule has 0 aliphatic heterocycles. The van der Waals surface area contributed by atoms with Crippen molar-refractivity contribution in [1.29, 1.82) is 0 Å². The highest BCUT2D eigenvalue weighted by atomic mass is 19.4. The Morgan fingerprint density at radius 2 is 1.76 bits per heavy atom. The minimum absolute atomic E-state index is 0.0138. The van der Waals surface area contributed by atoms with Crippen LogP contribution in [0.25, 0.3) is 0 Å². The minimum atomic E-state index is -4.38. The number of pyridine rings is 1. The third-order valence-electron chi connectivity index (χ3n) is 4.64. The van der Waals surface area contributed by atoms with E-state index >= 15 is 0 Å². The number of aromatic nitrogens is 1. The molecule has 0 fully saturated rings. The van der Waals surface area contributed by atoms with Crippen LogP contribution in [0.4, 0.5) is 13.2 Å². The Hall–Kier alpha value is -2.61. The van der Waals surface area contributed by atoms with Gasteiger partial charge in [0.1, 0.15) is 11.5 Å². The number of ether oxygens (including phenoxy) is 1. The van der Waals surface area contributed by atoms with Gasteiger partial charge in [0.25, 0.3) is 0 Å². The number of rotatable bonds is 7. The molecule has 8 heteroatoms. The zero-order valence-corrected chi connectivity index (χ0v) is 17.1. The number of benzene rings is 1. The average molecular weight is 410 g/mol. The number of hydrogen-bond acceptors (Lipinski definition) is 5. The van der Waals surface area contributed by atoms with Crippen molar-refractivity contribution in [1.82, 2.24) is 10.5 Å². The van der Waals surface area contributed by atoms with Crippen LogP contribution in [0.2, 0.25) is 0 Å². The van der Waals surface area contributed by atoms with Gasteiger partial charge in [0.15, 0.2) is 0 Å². The summed E-state index contributed by atoms with van der Waals surface area (Å²) in [6, 6.07) is 4.45. The number of carbonyl (C=O) groups is 1. The third-order valence-corrected chi connectivity index (χ3v) is 4.64. The van der Waals surface area contributed by atoms with Crippen molar-refractivity contribution in [2.24, 2.45) is 0 Å². The Morgan fingerprint density at radius 3 is 2.31 bits per heavy atom. The van der Waals surface area contributed by atoms with Crippen molar-refractivity contribution >= 4 is 5.97 Å². The summed E-state index contributed by atoms with van der Waals surface area (Å²) in [6.07, 6.45) is -3.74. The van der Waals surface area contributed by atoms with Crippen LogP contribution in [0.15, 0.2) is 24.3 Å². The van der Waals surface area contributed by atoms with Gasteiger partial charge in [-0.05, 0) is 57.4 Å². The molecule has 0 saturated heterocycles. The van der Waals surface area contributed by atoms with E-state index in [4.69, 9.17) is 9.57 Å². The van der Waals surface area contributed by atoms with Gasteiger partial charge in [-0.15, -0.1) is 0 Å². The molecular formula is C21H25F3N2O3. The molecule has 1 unspecified atom stereocenters. The SMILES string of the molecule is CC(=O)Oc1c(C)c(C)nc(C)c1C(C)CCNOc1ccc(C(F)(F)F)cc1. The lowest BCUT2D eigenvalue weighted by Crippen LogP contribution is -2.22. The third kappa shape index (κ3) is 5.93. The van der Waals surface area contributed by atoms with Gasteiger partial charge in [-0.25, -0.2) is 0 Å². The van der Waals surface area contributed by atoms with Gasteiger partial charge in [0.05, 0.1) is 5.56 Å². The second-order valence-corrected chi connectivity index (χ2v) is 6.95. The summed E-state index contributed by atoms with van der Waals surface area (Å²) >= 11 is 0. The van der Waals surface area contributed by atoms with Gasteiger partial charge in [0.2, 0.25) is 0 Å². The second kappa shape index (κ2) is 9.26. The van der Waals surface area contributed by atoms with Crippen LogP contribution in [0.3, 0.4) is 0 Å². The lowest BCUT2D eigenvalue weighted by atomic mass is 9.93. The van der Waals surface area contributed by atoms with Crippen molar-refractivity contribution in [3.05, 3.63) is 52.3 Å². The summed E-state index contributed by atoms with van der Waals surface area (Å²) in [5.74, 6) is 0.448. The van der Waals surface area contributed by atoms with E-state index in [0.717, 1.165) is 34.6 Å². The minimum Gasteiger partial charge on any atom is -0.426 e. The van der Waals surface area contributed by atoms with Crippen LogP contribution < -0.4 is 15.1 Å². The number of alkyl halides is 3. The molecule has 0 saturated carbocycles. The maximum atomic E-state index is 12.6. The zero-order chi connectivity index (χ0) is 21.8. The quantitative estimate of drug-likeness (QED) is 0.394. The van der Waals surface area contributed by atoms with E-state index in [1.807, 2.05) is 27.7 Å². The first kappa shape index (κ1) is 22.7. The number of carbonyl (C=O) groups excluding carboxylic acids is 1. The summed E-state index contributed by atoms with van der Waals surface area (Å²) in [5.41, 5.74) is 5.31. The number of esters is 1. The van der Waals surface area contributed by atoms with Gasteiger partial charge in [0, 0.05) is 36.0 Å². The van der Waals surface area contributed by atoms with Crippen LogP contribution >= 0.6 is 0 Å². The second-order valence-electron chi connectivity index (χ2n) is 6.95. The maximum absolute atomic E-state index is 12.6. The van der Waals surface area contributed by atoms with E-state index in [1.54, 1.807) is 0 Å². The van der Waals surface area contributed by atoms with Crippen LogP contribution in [-0.2, 0) is 11.0 Å². The maximum Gasteiger partial charge on any atom is 0.416 e. The van der Waals surface area contributed by atoms with E-state index in [1.165, 1.54) is 19.1 Å². The molecule has 2 rings (SSSR count). The average Bonchev–Trinajstić information content (AvgIpc) is 2.62. The molecule has 0 aliphatic rings. The van der Waals surface area contributed by atoms with Crippen LogP contribution in [-0.4, -0.2) is 17.5 Å². The monoisotopic (exact) mass is 410 g/mol. The highest BCUT2D eigenvalue weighted by Gasteiger charge is 2.30. The molecule has 0 radical (unpaired) electrons. The molecule has 1 heterocycles. The van der Waals surface area contributed by atoms with E-state index in [2.05, 4.69) is 10.5 Å². The number of aryl methyl sites for hydroxylation is 2. The Bertz CT molecular complexity index is 865. The van der Waals surface area contributed by atoms with E-state index < -0.39 is 17.7 Å².